The number of halogens is 2. The van der Waals surface area contributed by atoms with Crippen molar-refractivity contribution in [3.05, 3.63) is 29.8 Å². The average molecular weight is 539 g/mol. The SMILES string of the molecule is COc1cccc2c1nc(C(F)F)n2-c1nc(CN2CCC(S(N)(=O)=O)CC2)nc(N2CCOCC2)n1. The number of imidazole rings is 1. The molecule has 200 valence electrons. The van der Waals surface area contributed by atoms with E-state index in [2.05, 4.69) is 19.9 Å². The molecule has 0 bridgehead atoms. The van der Waals surface area contributed by atoms with E-state index in [0.717, 1.165) is 0 Å². The minimum atomic E-state index is -3.60. The number of hydrogen-bond acceptors (Lipinski definition) is 10. The topological polar surface area (TPSA) is 142 Å². The van der Waals surface area contributed by atoms with Crippen LogP contribution in [0.25, 0.3) is 17.0 Å². The second-order valence-corrected chi connectivity index (χ2v) is 10.8. The summed E-state index contributed by atoms with van der Waals surface area (Å²) in [5.41, 5.74) is 0.661. The molecule has 0 radical (unpaired) electrons. The summed E-state index contributed by atoms with van der Waals surface area (Å²) in [7, 11) is -2.15. The highest BCUT2D eigenvalue weighted by atomic mass is 32.2. The number of aromatic nitrogens is 5. The molecular weight excluding hydrogens is 510 g/mol. The third-order valence-electron chi connectivity index (χ3n) is 6.61. The lowest BCUT2D eigenvalue weighted by Crippen LogP contribution is -2.41. The molecule has 2 N–H and O–H groups in total. The summed E-state index contributed by atoms with van der Waals surface area (Å²) in [4.78, 5) is 21.9. The Balaban J connectivity index is 1.55. The number of ether oxygens (including phenoxy) is 2. The number of nitrogens with zero attached hydrogens (tertiary/aromatic N) is 7. The standard InChI is InChI=1S/C22H28F2N8O4S/c1-35-16-4-2-3-15-18(16)28-20(19(23)24)32(15)22-27-17(26-21(29-22)31-9-11-36-12-10-31)13-30-7-5-14(6-8-30)37(25,33)34/h2-4,14,19H,5-13H2,1H3,(H2,25,33,34). The Morgan fingerprint density at radius 1 is 1.08 bits per heavy atom. The molecule has 0 atom stereocenters. The minimum absolute atomic E-state index is 0.0250. The zero-order chi connectivity index (χ0) is 26.2. The van der Waals surface area contributed by atoms with Crippen LogP contribution in [0.15, 0.2) is 18.2 Å². The van der Waals surface area contributed by atoms with Crippen molar-refractivity contribution in [2.24, 2.45) is 5.14 Å². The first-order valence-corrected chi connectivity index (χ1v) is 13.5. The molecule has 0 saturated carbocycles. The fourth-order valence-electron chi connectivity index (χ4n) is 4.68. The van der Waals surface area contributed by atoms with Crippen molar-refractivity contribution in [1.29, 1.82) is 0 Å². The van der Waals surface area contributed by atoms with Gasteiger partial charge >= 0.3 is 0 Å². The highest BCUT2D eigenvalue weighted by Crippen LogP contribution is 2.32. The van der Waals surface area contributed by atoms with Crippen LogP contribution < -0.4 is 14.8 Å². The average Bonchev–Trinajstić information content (AvgIpc) is 3.29. The summed E-state index contributed by atoms with van der Waals surface area (Å²) in [6.07, 6.45) is -2.09. The van der Waals surface area contributed by atoms with Crippen LogP contribution in [-0.4, -0.2) is 89.6 Å². The van der Waals surface area contributed by atoms with Gasteiger partial charge in [-0.2, -0.15) is 15.0 Å². The number of fused-ring (bicyclic) bond motifs is 1. The Labute approximate surface area is 212 Å². The van der Waals surface area contributed by atoms with Crippen LogP contribution in [0.5, 0.6) is 5.75 Å². The number of piperidine rings is 1. The Bertz CT molecular complexity index is 1370. The van der Waals surface area contributed by atoms with Crippen molar-refractivity contribution >= 4 is 27.0 Å². The van der Waals surface area contributed by atoms with Crippen LogP contribution in [0.3, 0.4) is 0 Å². The summed E-state index contributed by atoms with van der Waals surface area (Å²) in [5.74, 6) is 0.618. The van der Waals surface area contributed by atoms with Crippen LogP contribution in [-0.2, 0) is 21.3 Å². The molecule has 1 aromatic carbocycles. The molecule has 12 nitrogen and oxygen atoms in total. The lowest BCUT2D eigenvalue weighted by molar-refractivity contribution is 0.122. The summed E-state index contributed by atoms with van der Waals surface area (Å²) < 4.78 is 63.8. The third kappa shape index (κ3) is 5.35. The molecule has 0 amide bonds. The Kier molecular flexibility index (Phi) is 7.20. The zero-order valence-electron chi connectivity index (χ0n) is 20.3. The molecule has 37 heavy (non-hydrogen) atoms. The number of methoxy groups -OCH3 is 1. The van der Waals surface area contributed by atoms with Crippen LogP contribution >= 0.6 is 0 Å². The maximum absolute atomic E-state index is 14.2. The van der Waals surface area contributed by atoms with E-state index in [-0.39, 0.29) is 11.5 Å². The number of rotatable bonds is 7. The summed E-state index contributed by atoms with van der Waals surface area (Å²) >= 11 is 0. The summed E-state index contributed by atoms with van der Waals surface area (Å²) in [5, 5.41) is 4.73. The molecule has 2 aromatic heterocycles. The van der Waals surface area contributed by atoms with Crippen LogP contribution in [0, 0.1) is 0 Å². The predicted molar refractivity (Wildman–Crippen MR) is 130 cm³/mol. The molecule has 0 aliphatic carbocycles. The van der Waals surface area contributed by atoms with E-state index in [1.807, 2.05) is 9.80 Å². The third-order valence-corrected chi connectivity index (χ3v) is 8.01. The summed E-state index contributed by atoms with van der Waals surface area (Å²) in [6, 6.07) is 5.00. The minimum Gasteiger partial charge on any atom is -0.494 e. The van der Waals surface area contributed by atoms with Gasteiger partial charge in [-0.3, -0.25) is 9.47 Å². The Morgan fingerprint density at radius 2 is 1.78 bits per heavy atom. The second-order valence-electron chi connectivity index (χ2n) is 8.95. The monoisotopic (exact) mass is 538 g/mol. The number of nitrogens with two attached hydrogens (primary N) is 1. The van der Waals surface area contributed by atoms with Gasteiger partial charge in [0.25, 0.3) is 6.43 Å². The number of sulfonamides is 1. The molecule has 2 fully saturated rings. The van der Waals surface area contributed by atoms with E-state index < -0.39 is 27.5 Å². The molecular formula is C22H28F2N8O4S. The predicted octanol–water partition coefficient (Wildman–Crippen LogP) is 1.25. The van der Waals surface area contributed by atoms with Crippen LogP contribution in [0.1, 0.15) is 30.9 Å². The largest absolute Gasteiger partial charge is 0.494 e. The smallest absolute Gasteiger partial charge is 0.296 e. The number of primary sulfonamides is 1. The molecule has 3 aromatic rings. The van der Waals surface area contributed by atoms with Gasteiger partial charge in [-0.15, -0.1) is 0 Å². The van der Waals surface area contributed by atoms with Crippen molar-refractivity contribution in [3.63, 3.8) is 0 Å². The maximum Gasteiger partial charge on any atom is 0.296 e. The van der Waals surface area contributed by atoms with Crippen molar-refractivity contribution in [2.45, 2.75) is 31.1 Å². The Morgan fingerprint density at radius 3 is 2.43 bits per heavy atom. The van der Waals surface area contributed by atoms with Gasteiger partial charge in [-0.1, -0.05) is 6.07 Å². The quantitative estimate of drug-likeness (QED) is 0.467. The van der Waals surface area contributed by atoms with Gasteiger partial charge in [-0.05, 0) is 38.1 Å². The molecule has 2 aliphatic rings. The lowest BCUT2D eigenvalue weighted by Gasteiger charge is -2.31. The molecule has 2 saturated heterocycles. The first-order chi connectivity index (χ1) is 17.7. The fraction of sp³-hybridized carbons (Fsp3) is 0.545. The van der Waals surface area contributed by atoms with Crippen molar-refractivity contribution < 1.29 is 26.7 Å². The van der Waals surface area contributed by atoms with Gasteiger partial charge in [-0.25, -0.2) is 27.3 Å². The normalized spacial score (nSPS) is 18.1. The first kappa shape index (κ1) is 25.6. The van der Waals surface area contributed by atoms with Gasteiger partial charge in [0.1, 0.15) is 17.1 Å². The number of benzene rings is 1. The number of likely N-dealkylation sites (tertiary alicyclic amines) is 1. The van der Waals surface area contributed by atoms with E-state index in [4.69, 9.17) is 14.6 Å². The number of para-hydroxylation sites is 1. The zero-order valence-corrected chi connectivity index (χ0v) is 21.1. The maximum atomic E-state index is 14.2. The molecule has 4 heterocycles. The van der Waals surface area contributed by atoms with Gasteiger partial charge < -0.3 is 14.4 Å². The summed E-state index contributed by atoms with van der Waals surface area (Å²) in [6.45, 7) is 3.34. The van der Waals surface area contributed by atoms with Gasteiger partial charge in [0.05, 0.1) is 37.6 Å². The number of morpholine rings is 1. The molecule has 5 rings (SSSR count). The highest BCUT2D eigenvalue weighted by Gasteiger charge is 2.29. The molecule has 2 aliphatic heterocycles. The number of hydrogen-bond donors (Lipinski definition) is 1. The van der Waals surface area contributed by atoms with E-state index in [1.54, 1.807) is 18.2 Å². The van der Waals surface area contributed by atoms with Crippen molar-refractivity contribution in [3.8, 4) is 11.7 Å². The van der Waals surface area contributed by atoms with Gasteiger partial charge in [0, 0.05) is 13.1 Å². The van der Waals surface area contributed by atoms with Gasteiger partial charge in [0.15, 0.2) is 5.82 Å². The second kappa shape index (κ2) is 10.4. The highest BCUT2D eigenvalue weighted by molar-refractivity contribution is 7.89. The number of anilines is 1. The molecule has 15 heteroatoms. The fourth-order valence-corrected chi connectivity index (χ4v) is 5.55. The van der Waals surface area contributed by atoms with E-state index in [0.29, 0.717) is 81.8 Å². The molecule has 0 unspecified atom stereocenters. The van der Waals surface area contributed by atoms with Crippen molar-refractivity contribution in [2.75, 3.05) is 51.4 Å². The van der Waals surface area contributed by atoms with E-state index in [9.17, 15) is 17.2 Å². The Hall–Kier alpha value is -3.01. The van der Waals surface area contributed by atoms with E-state index in [1.165, 1.54) is 11.7 Å². The van der Waals surface area contributed by atoms with Crippen molar-refractivity contribution in [1.82, 2.24) is 29.4 Å². The lowest BCUT2D eigenvalue weighted by atomic mass is 10.1. The molecule has 0 spiro atoms. The first-order valence-electron chi connectivity index (χ1n) is 11.9. The van der Waals surface area contributed by atoms with Gasteiger partial charge in [0.2, 0.25) is 21.9 Å². The van der Waals surface area contributed by atoms with Crippen LogP contribution in [0.4, 0.5) is 14.7 Å². The van der Waals surface area contributed by atoms with E-state index >= 15 is 0 Å². The van der Waals surface area contributed by atoms with Crippen LogP contribution in [0.2, 0.25) is 0 Å². The number of alkyl halides is 2.